The predicted molar refractivity (Wildman–Crippen MR) is 68.1 cm³/mol. The van der Waals surface area contributed by atoms with E-state index in [1.807, 2.05) is 4.90 Å². The van der Waals surface area contributed by atoms with Gasteiger partial charge in [0, 0.05) is 65.2 Å². The number of carbonyl (C=O) groups is 2. The Kier molecular flexibility index (Phi) is 4.95. The number of hydrogen-bond donors (Lipinski definition) is 2. The molecule has 0 unspecified atom stereocenters. The fourth-order valence-electron chi connectivity index (χ4n) is 2.36. The molecule has 18 heavy (non-hydrogen) atoms. The highest BCUT2D eigenvalue weighted by molar-refractivity contribution is 5.77. The number of piperazine rings is 1. The van der Waals surface area contributed by atoms with E-state index in [4.69, 9.17) is 0 Å². The third kappa shape index (κ3) is 3.96. The highest BCUT2D eigenvalue weighted by Gasteiger charge is 2.18. The first-order chi connectivity index (χ1) is 8.75. The molecule has 2 heterocycles. The first kappa shape index (κ1) is 13.3. The molecule has 2 aliphatic rings. The molecular formula is C12H22N4O2. The summed E-state index contributed by atoms with van der Waals surface area (Å²) in [7, 11) is 0. The fourth-order valence-corrected chi connectivity index (χ4v) is 2.36. The maximum Gasteiger partial charge on any atom is 0.223 e. The normalized spacial score (nSPS) is 22.4. The van der Waals surface area contributed by atoms with Crippen LogP contribution in [0.3, 0.4) is 0 Å². The molecule has 0 aromatic rings. The van der Waals surface area contributed by atoms with Gasteiger partial charge in [-0.25, -0.2) is 0 Å². The molecule has 0 aliphatic carbocycles. The molecule has 0 aromatic carbocycles. The summed E-state index contributed by atoms with van der Waals surface area (Å²) in [6.07, 6.45) is 1.11. The van der Waals surface area contributed by atoms with Crippen LogP contribution in [0, 0.1) is 0 Å². The van der Waals surface area contributed by atoms with Crippen molar-refractivity contribution in [2.45, 2.75) is 12.8 Å². The summed E-state index contributed by atoms with van der Waals surface area (Å²) in [4.78, 5) is 27.3. The van der Waals surface area contributed by atoms with E-state index in [1.165, 1.54) is 0 Å². The quantitative estimate of drug-likeness (QED) is 0.652. The lowest BCUT2D eigenvalue weighted by atomic mass is 10.3. The van der Waals surface area contributed by atoms with Gasteiger partial charge in [-0.3, -0.25) is 9.59 Å². The van der Waals surface area contributed by atoms with Crippen LogP contribution in [-0.2, 0) is 9.59 Å². The van der Waals surface area contributed by atoms with Gasteiger partial charge in [0.15, 0.2) is 0 Å². The van der Waals surface area contributed by atoms with Crippen molar-refractivity contribution in [3.8, 4) is 0 Å². The summed E-state index contributed by atoms with van der Waals surface area (Å²) in [5.74, 6) is 0.353. The van der Waals surface area contributed by atoms with Crippen LogP contribution in [0.2, 0.25) is 0 Å². The lowest BCUT2D eigenvalue weighted by Gasteiger charge is -2.28. The molecule has 102 valence electrons. The number of nitrogens with zero attached hydrogens (tertiary/aromatic N) is 2. The molecule has 2 N–H and O–H groups in total. The Morgan fingerprint density at radius 2 is 1.89 bits per heavy atom. The van der Waals surface area contributed by atoms with E-state index in [-0.39, 0.29) is 11.8 Å². The second-order valence-electron chi connectivity index (χ2n) is 4.82. The third-order valence-corrected chi connectivity index (χ3v) is 3.52. The van der Waals surface area contributed by atoms with E-state index in [2.05, 4.69) is 15.5 Å². The van der Waals surface area contributed by atoms with Crippen LogP contribution >= 0.6 is 0 Å². The number of nitrogens with one attached hydrogen (secondary N) is 2. The van der Waals surface area contributed by atoms with Crippen LogP contribution in [0.15, 0.2) is 0 Å². The van der Waals surface area contributed by atoms with Gasteiger partial charge in [0.05, 0.1) is 0 Å². The zero-order chi connectivity index (χ0) is 12.8. The standard InChI is InChI=1S/C12H22N4O2/c17-11-1-6-15(8-5-14-11)7-2-12(18)16-9-3-13-4-10-16/h13H,1-10H2,(H,14,17). The number of hydrogen-bond acceptors (Lipinski definition) is 4. The summed E-state index contributed by atoms with van der Waals surface area (Å²) in [6.45, 7) is 6.50. The molecule has 2 fully saturated rings. The van der Waals surface area contributed by atoms with Crippen LogP contribution in [-0.4, -0.2) is 74.0 Å². The molecule has 2 amide bonds. The monoisotopic (exact) mass is 254 g/mol. The van der Waals surface area contributed by atoms with Crippen LogP contribution in [0.1, 0.15) is 12.8 Å². The predicted octanol–water partition coefficient (Wildman–Crippen LogP) is -1.37. The maximum atomic E-state index is 12.0. The van der Waals surface area contributed by atoms with Gasteiger partial charge in [-0.1, -0.05) is 0 Å². The Morgan fingerprint density at radius 3 is 2.67 bits per heavy atom. The minimum atomic E-state index is 0.117. The summed E-state index contributed by atoms with van der Waals surface area (Å²) in [5.41, 5.74) is 0. The Hall–Kier alpha value is -1.14. The van der Waals surface area contributed by atoms with Crippen LogP contribution < -0.4 is 10.6 Å². The summed E-state index contributed by atoms with van der Waals surface area (Å²) >= 11 is 0. The molecule has 2 aliphatic heterocycles. The number of amides is 2. The molecule has 2 rings (SSSR count). The highest BCUT2D eigenvalue weighted by Crippen LogP contribution is 2.02. The first-order valence-corrected chi connectivity index (χ1v) is 6.73. The SMILES string of the molecule is O=C1CCN(CCC(=O)N2CCNCC2)CCN1. The van der Waals surface area contributed by atoms with Crippen molar-refractivity contribution in [1.82, 2.24) is 20.4 Å². The Morgan fingerprint density at radius 1 is 1.11 bits per heavy atom. The molecule has 0 atom stereocenters. The molecule has 0 saturated carbocycles. The zero-order valence-corrected chi connectivity index (χ0v) is 10.8. The van der Waals surface area contributed by atoms with Crippen molar-refractivity contribution in [3.63, 3.8) is 0 Å². The van der Waals surface area contributed by atoms with E-state index in [9.17, 15) is 9.59 Å². The third-order valence-electron chi connectivity index (χ3n) is 3.52. The fraction of sp³-hybridized carbons (Fsp3) is 0.833. The summed E-state index contributed by atoms with van der Waals surface area (Å²) in [6, 6.07) is 0. The minimum Gasteiger partial charge on any atom is -0.355 e. The highest BCUT2D eigenvalue weighted by atomic mass is 16.2. The molecule has 0 spiro atoms. The summed E-state index contributed by atoms with van der Waals surface area (Å²) < 4.78 is 0. The van der Waals surface area contributed by atoms with Gasteiger partial charge in [-0.15, -0.1) is 0 Å². The smallest absolute Gasteiger partial charge is 0.223 e. The molecule has 0 bridgehead atoms. The van der Waals surface area contributed by atoms with E-state index in [0.29, 0.717) is 19.4 Å². The van der Waals surface area contributed by atoms with Crippen molar-refractivity contribution in [2.24, 2.45) is 0 Å². The summed E-state index contributed by atoms with van der Waals surface area (Å²) in [5, 5.41) is 6.08. The van der Waals surface area contributed by atoms with E-state index < -0.39 is 0 Å². The van der Waals surface area contributed by atoms with Gasteiger partial charge in [0.25, 0.3) is 0 Å². The van der Waals surface area contributed by atoms with Gasteiger partial charge in [-0.05, 0) is 0 Å². The lowest BCUT2D eigenvalue weighted by molar-refractivity contribution is -0.132. The first-order valence-electron chi connectivity index (χ1n) is 6.73. The molecule has 0 radical (unpaired) electrons. The van der Waals surface area contributed by atoms with Gasteiger partial charge >= 0.3 is 0 Å². The van der Waals surface area contributed by atoms with Crippen LogP contribution in [0.4, 0.5) is 0 Å². The Bertz CT molecular complexity index is 302. The van der Waals surface area contributed by atoms with Gasteiger partial charge < -0.3 is 20.4 Å². The topological polar surface area (TPSA) is 64.7 Å². The maximum absolute atomic E-state index is 12.0. The second kappa shape index (κ2) is 6.70. The van der Waals surface area contributed by atoms with Gasteiger partial charge in [0.1, 0.15) is 0 Å². The van der Waals surface area contributed by atoms with Crippen LogP contribution in [0.5, 0.6) is 0 Å². The van der Waals surface area contributed by atoms with Crippen molar-refractivity contribution in [1.29, 1.82) is 0 Å². The largest absolute Gasteiger partial charge is 0.355 e. The van der Waals surface area contributed by atoms with Gasteiger partial charge in [0.2, 0.25) is 11.8 Å². The van der Waals surface area contributed by atoms with E-state index >= 15 is 0 Å². The van der Waals surface area contributed by atoms with E-state index in [1.54, 1.807) is 0 Å². The Labute approximate surface area is 108 Å². The van der Waals surface area contributed by atoms with Crippen molar-refractivity contribution in [2.75, 3.05) is 52.4 Å². The van der Waals surface area contributed by atoms with Crippen molar-refractivity contribution in [3.05, 3.63) is 0 Å². The zero-order valence-electron chi connectivity index (χ0n) is 10.8. The molecule has 6 nitrogen and oxygen atoms in total. The van der Waals surface area contributed by atoms with E-state index in [0.717, 1.165) is 45.8 Å². The molecular weight excluding hydrogens is 232 g/mol. The molecule has 2 saturated heterocycles. The van der Waals surface area contributed by atoms with Crippen LogP contribution in [0.25, 0.3) is 0 Å². The van der Waals surface area contributed by atoms with Gasteiger partial charge in [-0.2, -0.15) is 0 Å². The average molecular weight is 254 g/mol. The molecule has 6 heteroatoms. The second-order valence-corrected chi connectivity index (χ2v) is 4.82. The average Bonchev–Trinajstić information content (AvgIpc) is 2.62. The number of carbonyl (C=O) groups excluding carboxylic acids is 2. The minimum absolute atomic E-state index is 0.117. The van der Waals surface area contributed by atoms with Crippen molar-refractivity contribution >= 4 is 11.8 Å². The Balaban J connectivity index is 1.69. The number of rotatable bonds is 3. The van der Waals surface area contributed by atoms with Crippen molar-refractivity contribution < 1.29 is 9.59 Å². The lowest BCUT2D eigenvalue weighted by Crippen LogP contribution is -2.47. The molecule has 0 aromatic heterocycles.